The Kier molecular flexibility index (Phi) is 5.02. The molecule has 1 aromatic carbocycles. The van der Waals surface area contributed by atoms with Crippen molar-refractivity contribution in [3.8, 4) is 11.3 Å². The number of rotatable bonds is 4. The molecule has 1 fully saturated rings. The number of aromatic nitrogens is 1. The Labute approximate surface area is 142 Å². The SMILES string of the molecule is CCc1ccc(-c2[nH]c(=O)sc2CN2CC(C)CC(C)C2)cc1. The van der Waals surface area contributed by atoms with Crippen molar-refractivity contribution in [2.75, 3.05) is 13.1 Å². The first-order valence-corrected chi connectivity index (χ1v) is 9.40. The van der Waals surface area contributed by atoms with Gasteiger partial charge in [0.05, 0.1) is 5.69 Å². The third-order valence-corrected chi connectivity index (χ3v) is 5.55. The summed E-state index contributed by atoms with van der Waals surface area (Å²) in [6.07, 6.45) is 2.35. The number of aromatic amines is 1. The Morgan fingerprint density at radius 1 is 1.17 bits per heavy atom. The van der Waals surface area contributed by atoms with Gasteiger partial charge in [0.1, 0.15) is 0 Å². The molecule has 124 valence electrons. The topological polar surface area (TPSA) is 36.1 Å². The van der Waals surface area contributed by atoms with Crippen LogP contribution in [0.2, 0.25) is 0 Å². The fourth-order valence-corrected chi connectivity index (χ4v) is 4.63. The van der Waals surface area contributed by atoms with E-state index in [4.69, 9.17) is 0 Å². The van der Waals surface area contributed by atoms with E-state index in [-0.39, 0.29) is 4.87 Å². The lowest BCUT2D eigenvalue weighted by atomic mass is 9.92. The average Bonchev–Trinajstić information content (AvgIpc) is 2.87. The van der Waals surface area contributed by atoms with E-state index in [0.29, 0.717) is 0 Å². The summed E-state index contributed by atoms with van der Waals surface area (Å²) in [7, 11) is 0. The van der Waals surface area contributed by atoms with E-state index in [9.17, 15) is 4.79 Å². The van der Waals surface area contributed by atoms with Crippen LogP contribution in [0.5, 0.6) is 0 Å². The lowest BCUT2D eigenvalue weighted by Gasteiger charge is -2.34. The molecule has 0 spiro atoms. The molecule has 1 aliphatic rings. The summed E-state index contributed by atoms with van der Waals surface area (Å²) in [4.78, 5) is 18.7. The van der Waals surface area contributed by atoms with Gasteiger partial charge < -0.3 is 4.98 Å². The Balaban J connectivity index is 1.84. The van der Waals surface area contributed by atoms with Crippen LogP contribution in [0.4, 0.5) is 0 Å². The number of hydrogen-bond donors (Lipinski definition) is 1. The van der Waals surface area contributed by atoms with Gasteiger partial charge in [-0.3, -0.25) is 9.69 Å². The predicted octanol–water partition coefficient (Wildman–Crippen LogP) is 4.14. The van der Waals surface area contributed by atoms with Crippen LogP contribution < -0.4 is 4.87 Å². The molecule has 1 saturated heterocycles. The molecule has 0 aliphatic carbocycles. The van der Waals surface area contributed by atoms with Crippen LogP contribution in [-0.4, -0.2) is 23.0 Å². The number of piperidine rings is 1. The number of thiazole rings is 1. The van der Waals surface area contributed by atoms with Crippen molar-refractivity contribution >= 4 is 11.3 Å². The lowest BCUT2D eigenvalue weighted by molar-refractivity contribution is 0.135. The molecular weight excluding hydrogens is 304 g/mol. The highest BCUT2D eigenvalue weighted by molar-refractivity contribution is 7.09. The van der Waals surface area contributed by atoms with Gasteiger partial charge in [0.25, 0.3) is 0 Å². The molecule has 4 heteroatoms. The molecule has 23 heavy (non-hydrogen) atoms. The normalized spacial score (nSPS) is 22.4. The van der Waals surface area contributed by atoms with Gasteiger partial charge >= 0.3 is 4.87 Å². The second kappa shape index (κ2) is 7.02. The average molecular weight is 330 g/mol. The molecular formula is C19H26N2OS. The van der Waals surface area contributed by atoms with Gasteiger partial charge in [-0.1, -0.05) is 56.4 Å². The van der Waals surface area contributed by atoms with E-state index in [1.807, 2.05) is 0 Å². The highest BCUT2D eigenvalue weighted by Gasteiger charge is 2.23. The van der Waals surface area contributed by atoms with Crippen LogP contribution in [0, 0.1) is 11.8 Å². The molecule has 0 bridgehead atoms. The second-order valence-corrected chi connectivity index (χ2v) is 8.07. The van der Waals surface area contributed by atoms with E-state index in [0.717, 1.165) is 49.1 Å². The zero-order chi connectivity index (χ0) is 16.4. The molecule has 0 saturated carbocycles. The van der Waals surface area contributed by atoms with Crippen LogP contribution in [-0.2, 0) is 13.0 Å². The minimum absolute atomic E-state index is 0.0488. The van der Waals surface area contributed by atoms with E-state index < -0.39 is 0 Å². The van der Waals surface area contributed by atoms with E-state index in [1.165, 1.54) is 28.2 Å². The standard InChI is InChI=1S/C19H26N2OS/c1-4-15-5-7-16(8-6-15)18-17(23-19(22)20-18)12-21-10-13(2)9-14(3)11-21/h5-8,13-14H,4,9-12H2,1-3H3,(H,20,22). The van der Waals surface area contributed by atoms with Gasteiger partial charge in [0, 0.05) is 24.5 Å². The number of likely N-dealkylation sites (tertiary alicyclic amines) is 1. The molecule has 0 radical (unpaired) electrons. The first-order chi connectivity index (χ1) is 11.0. The van der Waals surface area contributed by atoms with Crippen molar-refractivity contribution < 1.29 is 0 Å². The minimum atomic E-state index is 0.0488. The maximum Gasteiger partial charge on any atom is 0.305 e. The highest BCUT2D eigenvalue weighted by Crippen LogP contribution is 2.28. The number of aryl methyl sites for hydroxylation is 1. The third kappa shape index (κ3) is 3.93. The van der Waals surface area contributed by atoms with Gasteiger partial charge in [0.15, 0.2) is 0 Å². The van der Waals surface area contributed by atoms with Gasteiger partial charge in [-0.25, -0.2) is 0 Å². The van der Waals surface area contributed by atoms with Crippen molar-refractivity contribution in [1.82, 2.24) is 9.88 Å². The molecule has 1 N–H and O–H groups in total. The summed E-state index contributed by atoms with van der Waals surface area (Å²) in [6, 6.07) is 8.56. The summed E-state index contributed by atoms with van der Waals surface area (Å²) in [6.45, 7) is 9.95. The van der Waals surface area contributed by atoms with Crippen LogP contribution in [0.1, 0.15) is 37.6 Å². The predicted molar refractivity (Wildman–Crippen MR) is 98.0 cm³/mol. The molecule has 2 heterocycles. The van der Waals surface area contributed by atoms with Crippen molar-refractivity contribution in [3.63, 3.8) is 0 Å². The summed E-state index contributed by atoms with van der Waals surface area (Å²) >= 11 is 1.36. The third-order valence-electron chi connectivity index (χ3n) is 4.68. The number of H-pyrrole nitrogens is 1. The quantitative estimate of drug-likeness (QED) is 0.914. The van der Waals surface area contributed by atoms with Gasteiger partial charge in [-0.15, -0.1) is 0 Å². The van der Waals surface area contributed by atoms with Crippen molar-refractivity contribution in [1.29, 1.82) is 0 Å². The number of nitrogens with one attached hydrogen (secondary N) is 1. The Bertz CT molecular complexity index is 691. The summed E-state index contributed by atoms with van der Waals surface area (Å²) < 4.78 is 0. The molecule has 2 aromatic rings. The molecule has 0 amide bonds. The number of nitrogens with zero attached hydrogens (tertiary/aromatic N) is 1. The Hall–Kier alpha value is -1.39. The van der Waals surface area contributed by atoms with Crippen LogP contribution in [0.3, 0.4) is 0 Å². The smallest absolute Gasteiger partial charge is 0.305 e. The largest absolute Gasteiger partial charge is 0.312 e. The molecule has 3 nitrogen and oxygen atoms in total. The molecule has 1 aromatic heterocycles. The lowest BCUT2D eigenvalue weighted by Crippen LogP contribution is -2.38. The van der Waals surface area contributed by atoms with Gasteiger partial charge in [-0.05, 0) is 35.8 Å². The Morgan fingerprint density at radius 3 is 2.43 bits per heavy atom. The first kappa shape index (κ1) is 16.5. The molecule has 2 unspecified atom stereocenters. The van der Waals surface area contributed by atoms with E-state index in [2.05, 4.69) is 54.9 Å². The zero-order valence-electron chi connectivity index (χ0n) is 14.3. The van der Waals surface area contributed by atoms with Gasteiger partial charge in [-0.2, -0.15) is 0 Å². The van der Waals surface area contributed by atoms with E-state index >= 15 is 0 Å². The summed E-state index contributed by atoms with van der Waals surface area (Å²) in [5.41, 5.74) is 3.45. The van der Waals surface area contributed by atoms with Crippen LogP contribution >= 0.6 is 11.3 Å². The van der Waals surface area contributed by atoms with Crippen molar-refractivity contribution in [2.45, 2.75) is 40.2 Å². The van der Waals surface area contributed by atoms with Crippen LogP contribution in [0.25, 0.3) is 11.3 Å². The van der Waals surface area contributed by atoms with E-state index in [1.54, 1.807) is 0 Å². The number of benzene rings is 1. The molecule has 2 atom stereocenters. The van der Waals surface area contributed by atoms with Crippen molar-refractivity contribution in [3.05, 3.63) is 44.4 Å². The monoisotopic (exact) mass is 330 g/mol. The first-order valence-electron chi connectivity index (χ1n) is 8.58. The van der Waals surface area contributed by atoms with Crippen LogP contribution in [0.15, 0.2) is 29.1 Å². The minimum Gasteiger partial charge on any atom is -0.312 e. The summed E-state index contributed by atoms with van der Waals surface area (Å²) in [5.74, 6) is 1.48. The zero-order valence-corrected chi connectivity index (χ0v) is 15.1. The number of hydrogen-bond acceptors (Lipinski definition) is 3. The van der Waals surface area contributed by atoms with Crippen molar-refractivity contribution in [2.24, 2.45) is 11.8 Å². The second-order valence-electron chi connectivity index (χ2n) is 7.00. The van der Waals surface area contributed by atoms with Gasteiger partial charge in [0.2, 0.25) is 0 Å². The Morgan fingerprint density at radius 2 is 1.83 bits per heavy atom. The maximum absolute atomic E-state index is 11.9. The molecule has 1 aliphatic heterocycles. The summed E-state index contributed by atoms with van der Waals surface area (Å²) in [5, 5.41) is 0. The molecule has 3 rings (SSSR count). The fourth-order valence-electron chi connectivity index (χ4n) is 3.74. The highest BCUT2D eigenvalue weighted by atomic mass is 32.1. The maximum atomic E-state index is 11.9. The fraction of sp³-hybridized carbons (Fsp3) is 0.526.